The smallest absolute Gasteiger partial charge is 0.314 e. The normalized spacial score (nSPS) is 12.0. The van der Waals surface area contributed by atoms with Crippen LogP contribution >= 0.6 is 15.9 Å². The topological polar surface area (TPSA) is 29.5 Å². The van der Waals surface area contributed by atoms with Gasteiger partial charge in [-0.2, -0.15) is 0 Å². The van der Waals surface area contributed by atoms with Gasteiger partial charge in [0.1, 0.15) is 0 Å². The molecule has 0 aliphatic heterocycles. The van der Waals surface area contributed by atoms with Crippen molar-refractivity contribution in [3.63, 3.8) is 0 Å². The van der Waals surface area contributed by atoms with Crippen LogP contribution in [0.4, 0.5) is 0 Å². The van der Waals surface area contributed by atoms with Crippen molar-refractivity contribution in [3.8, 4) is 0 Å². The van der Waals surface area contributed by atoms with E-state index < -0.39 is 0 Å². The fourth-order valence-electron chi connectivity index (χ4n) is 3.28. The molecule has 3 nitrogen and oxygen atoms in total. The molecule has 0 fully saturated rings. The minimum absolute atomic E-state index is 0.208. The molecular formula is C24H24BrNO2. The van der Waals surface area contributed by atoms with Crippen molar-refractivity contribution in [2.75, 3.05) is 13.7 Å². The molecule has 0 unspecified atom stereocenters. The van der Waals surface area contributed by atoms with Gasteiger partial charge in [-0.25, -0.2) is 0 Å². The van der Waals surface area contributed by atoms with Gasteiger partial charge in [0.15, 0.2) is 0 Å². The largest absolute Gasteiger partial charge is 0.469 e. The van der Waals surface area contributed by atoms with E-state index in [1.54, 1.807) is 0 Å². The van der Waals surface area contributed by atoms with E-state index in [9.17, 15) is 4.79 Å². The van der Waals surface area contributed by atoms with Gasteiger partial charge in [-0.3, -0.25) is 9.69 Å². The second kappa shape index (κ2) is 10.2. The van der Waals surface area contributed by atoms with E-state index in [4.69, 9.17) is 4.74 Å². The summed E-state index contributed by atoms with van der Waals surface area (Å²) in [5.41, 5.74) is 3.40. The van der Waals surface area contributed by atoms with Gasteiger partial charge >= 0.3 is 5.97 Å². The molecule has 0 saturated heterocycles. The molecule has 3 rings (SSSR count). The lowest BCUT2D eigenvalue weighted by molar-refractivity contribution is -0.143. The second-order valence-corrected chi connectivity index (χ2v) is 7.68. The third kappa shape index (κ3) is 5.78. The van der Waals surface area contributed by atoms with Crippen LogP contribution in [0, 0.1) is 0 Å². The summed E-state index contributed by atoms with van der Waals surface area (Å²) in [5, 5.41) is 0. The van der Waals surface area contributed by atoms with E-state index in [2.05, 4.69) is 45.1 Å². The van der Waals surface area contributed by atoms with Gasteiger partial charge in [-0.15, -0.1) is 0 Å². The fraction of sp³-hybridized carbons (Fsp3) is 0.208. The Morgan fingerprint density at radius 3 is 1.96 bits per heavy atom. The maximum absolute atomic E-state index is 12.5. The Bertz CT molecular complexity index is 866. The average molecular weight is 438 g/mol. The number of hydrogen-bond acceptors (Lipinski definition) is 3. The number of rotatable bonds is 8. The zero-order valence-corrected chi connectivity index (χ0v) is 17.5. The zero-order valence-electron chi connectivity index (χ0n) is 15.9. The standard InChI is InChI=1S/C24H24BrNO2/c1-28-24(27)23(21-10-6-3-7-11-21)18-26(16-19-8-4-2-5-9-19)17-20-12-14-22(25)15-13-20/h2-15,23H,16-18H2,1H3/t23-/m1/s1. The number of nitrogens with zero attached hydrogens (tertiary/aromatic N) is 1. The highest BCUT2D eigenvalue weighted by atomic mass is 79.9. The highest BCUT2D eigenvalue weighted by molar-refractivity contribution is 9.10. The number of carbonyl (C=O) groups is 1. The Hall–Kier alpha value is -2.43. The molecule has 28 heavy (non-hydrogen) atoms. The van der Waals surface area contributed by atoms with Crippen molar-refractivity contribution in [3.05, 3.63) is 106 Å². The van der Waals surface area contributed by atoms with E-state index in [1.807, 2.05) is 60.7 Å². The molecule has 3 aromatic carbocycles. The van der Waals surface area contributed by atoms with Gasteiger partial charge in [0.05, 0.1) is 13.0 Å². The van der Waals surface area contributed by atoms with Gasteiger partial charge < -0.3 is 4.74 Å². The van der Waals surface area contributed by atoms with Gasteiger partial charge in [-0.1, -0.05) is 88.7 Å². The van der Waals surface area contributed by atoms with Crippen molar-refractivity contribution in [1.29, 1.82) is 0 Å². The van der Waals surface area contributed by atoms with Crippen LogP contribution < -0.4 is 0 Å². The first-order valence-corrected chi connectivity index (χ1v) is 10.1. The molecule has 0 saturated carbocycles. The van der Waals surface area contributed by atoms with Crippen molar-refractivity contribution in [2.45, 2.75) is 19.0 Å². The van der Waals surface area contributed by atoms with Crippen molar-refractivity contribution in [2.24, 2.45) is 0 Å². The Labute approximate surface area is 175 Å². The van der Waals surface area contributed by atoms with Crippen LogP contribution in [0.1, 0.15) is 22.6 Å². The Morgan fingerprint density at radius 2 is 1.39 bits per heavy atom. The molecule has 144 valence electrons. The van der Waals surface area contributed by atoms with Gasteiger partial charge in [0.2, 0.25) is 0 Å². The highest BCUT2D eigenvalue weighted by Crippen LogP contribution is 2.22. The number of hydrogen-bond donors (Lipinski definition) is 0. The molecule has 0 heterocycles. The highest BCUT2D eigenvalue weighted by Gasteiger charge is 2.24. The first kappa shape index (κ1) is 20.3. The summed E-state index contributed by atoms with van der Waals surface area (Å²) >= 11 is 3.49. The van der Waals surface area contributed by atoms with E-state index in [0.29, 0.717) is 6.54 Å². The van der Waals surface area contributed by atoms with Gasteiger partial charge in [0.25, 0.3) is 0 Å². The summed E-state index contributed by atoms with van der Waals surface area (Å²) in [7, 11) is 1.45. The van der Waals surface area contributed by atoms with Crippen LogP contribution in [0.2, 0.25) is 0 Å². The summed E-state index contributed by atoms with van der Waals surface area (Å²) < 4.78 is 6.17. The van der Waals surface area contributed by atoms with Crippen LogP contribution in [0.25, 0.3) is 0 Å². The third-order valence-electron chi connectivity index (χ3n) is 4.70. The van der Waals surface area contributed by atoms with Crippen LogP contribution in [0.3, 0.4) is 0 Å². The molecule has 0 amide bonds. The number of methoxy groups -OCH3 is 1. The Balaban J connectivity index is 1.85. The number of ether oxygens (including phenoxy) is 1. The summed E-state index contributed by atoms with van der Waals surface area (Å²) in [6, 6.07) is 28.5. The van der Waals surface area contributed by atoms with Crippen molar-refractivity contribution < 1.29 is 9.53 Å². The Morgan fingerprint density at radius 1 is 0.857 bits per heavy atom. The average Bonchev–Trinajstić information content (AvgIpc) is 2.74. The molecule has 1 atom stereocenters. The van der Waals surface area contributed by atoms with Crippen LogP contribution in [0.5, 0.6) is 0 Å². The van der Waals surface area contributed by atoms with E-state index in [0.717, 1.165) is 23.1 Å². The molecule has 4 heteroatoms. The summed E-state index contributed by atoms with van der Waals surface area (Å²) in [5.74, 6) is -0.537. The van der Waals surface area contributed by atoms with Gasteiger partial charge in [0, 0.05) is 24.1 Å². The number of halogens is 1. The molecule has 0 bridgehead atoms. The summed E-state index contributed by atoms with van der Waals surface area (Å²) in [6.07, 6.45) is 0. The first-order valence-electron chi connectivity index (χ1n) is 9.29. The number of esters is 1. The lowest BCUT2D eigenvalue weighted by Crippen LogP contribution is -2.32. The fourth-order valence-corrected chi connectivity index (χ4v) is 3.54. The van der Waals surface area contributed by atoms with E-state index >= 15 is 0 Å². The third-order valence-corrected chi connectivity index (χ3v) is 5.23. The lowest BCUT2D eigenvalue weighted by atomic mass is 9.98. The minimum atomic E-state index is -0.328. The SMILES string of the molecule is COC(=O)[C@H](CN(Cc1ccccc1)Cc1ccc(Br)cc1)c1ccccc1. The maximum atomic E-state index is 12.5. The van der Waals surface area contributed by atoms with E-state index in [1.165, 1.54) is 18.2 Å². The monoisotopic (exact) mass is 437 g/mol. The molecule has 0 N–H and O–H groups in total. The van der Waals surface area contributed by atoms with Crippen molar-refractivity contribution >= 4 is 21.9 Å². The maximum Gasteiger partial charge on any atom is 0.314 e. The van der Waals surface area contributed by atoms with Gasteiger partial charge in [-0.05, 0) is 28.8 Å². The molecule has 3 aromatic rings. The minimum Gasteiger partial charge on any atom is -0.469 e. The molecule has 0 aliphatic rings. The Kier molecular flexibility index (Phi) is 7.40. The molecule has 0 radical (unpaired) electrons. The summed E-state index contributed by atoms with van der Waals surface area (Å²) in [4.78, 5) is 14.8. The number of benzene rings is 3. The molecule has 0 aromatic heterocycles. The first-order chi connectivity index (χ1) is 13.7. The molecule has 0 spiro atoms. The molecule has 0 aliphatic carbocycles. The molecular weight excluding hydrogens is 414 g/mol. The quantitative estimate of drug-likeness (QED) is 0.441. The lowest BCUT2D eigenvalue weighted by Gasteiger charge is -2.27. The number of carbonyl (C=O) groups excluding carboxylic acids is 1. The summed E-state index contributed by atoms with van der Waals surface area (Å²) in [6.45, 7) is 2.10. The van der Waals surface area contributed by atoms with Crippen LogP contribution in [0.15, 0.2) is 89.4 Å². The predicted octanol–water partition coefficient (Wildman–Crippen LogP) is 5.41. The van der Waals surface area contributed by atoms with Crippen molar-refractivity contribution in [1.82, 2.24) is 4.90 Å². The zero-order chi connectivity index (χ0) is 19.8. The van der Waals surface area contributed by atoms with E-state index in [-0.39, 0.29) is 11.9 Å². The predicted molar refractivity (Wildman–Crippen MR) is 116 cm³/mol. The second-order valence-electron chi connectivity index (χ2n) is 6.77. The van der Waals surface area contributed by atoms with Crippen LogP contribution in [-0.2, 0) is 22.6 Å². The van der Waals surface area contributed by atoms with Crippen LogP contribution in [-0.4, -0.2) is 24.5 Å².